The number of rotatable bonds is 4. The van der Waals surface area contributed by atoms with Gasteiger partial charge in [0.15, 0.2) is 11.0 Å². The number of hydrogen-bond donors (Lipinski definition) is 1. The van der Waals surface area contributed by atoms with E-state index in [9.17, 15) is 0 Å². The number of amidine groups is 1. The molecule has 0 radical (unpaired) electrons. The van der Waals surface area contributed by atoms with Gasteiger partial charge in [0.2, 0.25) is 6.39 Å². The third-order valence-corrected chi connectivity index (χ3v) is 4.00. The summed E-state index contributed by atoms with van der Waals surface area (Å²) < 4.78 is 4.66. The fourth-order valence-corrected chi connectivity index (χ4v) is 2.63. The molecule has 2 rings (SSSR count). The first kappa shape index (κ1) is 11.4. The molecule has 1 atom stereocenters. The summed E-state index contributed by atoms with van der Waals surface area (Å²) in [6.07, 6.45) is 3.19. The molecule has 6 heteroatoms. The van der Waals surface area contributed by atoms with E-state index in [1.165, 1.54) is 6.39 Å². The fourth-order valence-electron chi connectivity index (χ4n) is 1.39. The van der Waals surface area contributed by atoms with Gasteiger partial charge in [0, 0.05) is 24.3 Å². The van der Waals surface area contributed by atoms with Crippen LogP contribution < -0.4 is 5.32 Å². The summed E-state index contributed by atoms with van der Waals surface area (Å²) in [5.41, 5.74) is 0.204. The molecule has 16 heavy (non-hydrogen) atoms. The minimum absolute atomic E-state index is 0.204. The molecule has 1 aliphatic heterocycles. The van der Waals surface area contributed by atoms with Crippen molar-refractivity contribution in [1.82, 2.24) is 15.5 Å². The highest BCUT2D eigenvalue weighted by Crippen LogP contribution is 2.25. The molecular formula is C10H16N4OS. The summed E-state index contributed by atoms with van der Waals surface area (Å²) in [7, 11) is 0. The third-order valence-electron chi connectivity index (χ3n) is 2.71. The van der Waals surface area contributed by atoms with Crippen LogP contribution >= 0.6 is 11.8 Å². The second kappa shape index (κ2) is 4.86. The summed E-state index contributed by atoms with van der Waals surface area (Å²) in [4.78, 5) is 8.44. The lowest BCUT2D eigenvalue weighted by Crippen LogP contribution is -2.39. The summed E-state index contributed by atoms with van der Waals surface area (Å²) in [6.45, 7) is 5.12. The van der Waals surface area contributed by atoms with Crippen LogP contribution in [0.3, 0.4) is 0 Å². The molecule has 1 fully saturated rings. The molecule has 1 N–H and O–H groups in total. The lowest BCUT2D eigenvalue weighted by Gasteiger charge is -2.20. The van der Waals surface area contributed by atoms with Gasteiger partial charge < -0.3 is 9.84 Å². The average Bonchev–Trinajstić information content (AvgIpc) is 2.90. The Bertz CT molecular complexity index is 365. The SMILES string of the molecule is CCC1(C)CSC(=NCCc2ncon2)N1. The Labute approximate surface area is 99.1 Å². The maximum Gasteiger partial charge on any atom is 0.213 e. The van der Waals surface area contributed by atoms with E-state index in [2.05, 4.69) is 38.8 Å². The smallest absolute Gasteiger partial charge is 0.213 e. The Kier molecular flexibility index (Phi) is 3.48. The van der Waals surface area contributed by atoms with Crippen molar-refractivity contribution in [3.8, 4) is 0 Å². The first-order valence-electron chi connectivity index (χ1n) is 5.42. The van der Waals surface area contributed by atoms with Gasteiger partial charge in [-0.25, -0.2) is 0 Å². The number of nitrogens with zero attached hydrogens (tertiary/aromatic N) is 3. The first-order chi connectivity index (χ1) is 7.72. The Balaban J connectivity index is 1.81. The Morgan fingerprint density at radius 2 is 2.56 bits per heavy atom. The summed E-state index contributed by atoms with van der Waals surface area (Å²) >= 11 is 1.79. The fraction of sp³-hybridized carbons (Fsp3) is 0.700. The van der Waals surface area contributed by atoms with Crippen molar-refractivity contribution in [3.63, 3.8) is 0 Å². The molecule has 0 spiro atoms. The average molecular weight is 240 g/mol. The predicted octanol–water partition coefficient (Wildman–Crippen LogP) is 1.47. The standard InChI is InChI=1S/C10H16N4OS/c1-3-10(2)6-16-9(13-10)11-5-4-8-12-7-15-14-8/h7H,3-6H2,1-2H3,(H,11,13). The molecule has 1 saturated heterocycles. The number of hydrogen-bond acceptors (Lipinski definition) is 5. The van der Waals surface area contributed by atoms with E-state index in [4.69, 9.17) is 0 Å². The molecule has 1 unspecified atom stereocenters. The number of nitrogens with one attached hydrogen (secondary N) is 1. The van der Waals surface area contributed by atoms with E-state index in [1.807, 2.05) is 0 Å². The second-order valence-electron chi connectivity index (χ2n) is 4.11. The van der Waals surface area contributed by atoms with Gasteiger partial charge in [-0.2, -0.15) is 4.98 Å². The first-order valence-corrected chi connectivity index (χ1v) is 6.41. The van der Waals surface area contributed by atoms with Crippen LogP contribution in [-0.4, -0.2) is 33.1 Å². The van der Waals surface area contributed by atoms with Gasteiger partial charge in [0.25, 0.3) is 0 Å². The lowest BCUT2D eigenvalue weighted by molar-refractivity contribution is 0.410. The highest BCUT2D eigenvalue weighted by atomic mass is 32.2. The van der Waals surface area contributed by atoms with Crippen LogP contribution in [0.4, 0.5) is 0 Å². The highest BCUT2D eigenvalue weighted by Gasteiger charge is 2.30. The summed E-state index contributed by atoms with van der Waals surface area (Å²) in [5, 5.41) is 8.22. The molecule has 0 aliphatic carbocycles. The monoisotopic (exact) mass is 240 g/mol. The number of aromatic nitrogens is 2. The van der Waals surface area contributed by atoms with E-state index in [0.717, 1.165) is 23.8 Å². The van der Waals surface area contributed by atoms with Crippen molar-refractivity contribution in [1.29, 1.82) is 0 Å². The van der Waals surface area contributed by atoms with Gasteiger partial charge in [-0.05, 0) is 13.3 Å². The van der Waals surface area contributed by atoms with Gasteiger partial charge in [-0.1, -0.05) is 23.8 Å². The molecule has 2 heterocycles. The lowest BCUT2D eigenvalue weighted by atomic mass is 10.0. The molecule has 1 aromatic heterocycles. The maximum atomic E-state index is 4.66. The van der Waals surface area contributed by atoms with Crippen LogP contribution in [0.25, 0.3) is 0 Å². The largest absolute Gasteiger partial charge is 0.359 e. The van der Waals surface area contributed by atoms with E-state index in [0.29, 0.717) is 12.4 Å². The van der Waals surface area contributed by atoms with E-state index >= 15 is 0 Å². The van der Waals surface area contributed by atoms with Crippen LogP contribution in [0.5, 0.6) is 0 Å². The zero-order valence-electron chi connectivity index (χ0n) is 9.56. The zero-order valence-corrected chi connectivity index (χ0v) is 10.4. The third kappa shape index (κ3) is 2.75. The molecule has 1 aliphatic rings. The van der Waals surface area contributed by atoms with Gasteiger partial charge in [-0.15, -0.1) is 0 Å². The number of thioether (sulfide) groups is 1. The van der Waals surface area contributed by atoms with Crippen molar-refractivity contribution in [2.24, 2.45) is 4.99 Å². The number of aliphatic imine (C=N–C) groups is 1. The van der Waals surface area contributed by atoms with Crippen LogP contribution in [0, 0.1) is 0 Å². The molecule has 5 nitrogen and oxygen atoms in total. The Hall–Kier alpha value is -1.04. The van der Waals surface area contributed by atoms with Crippen molar-refractivity contribution in [3.05, 3.63) is 12.2 Å². The molecule has 1 aromatic rings. The minimum atomic E-state index is 0.204. The van der Waals surface area contributed by atoms with Crippen LogP contribution in [0.1, 0.15) is 26.1 Å². The van der Waals surface area contributed by atoms with Crippen molar-refractivity contribution >= 4 is 16.9 Å². The minimum Gasteiger partial charge on any atom is -0.359 e. The van der Waals surface area contributed by atoms with E-state index < -0.39 is 0 Å². The molecule has 0 aromatic carbocycles. The molecule has 0 amide bonds. The van der Waals surface area contributed by atoms with Crippen LogP contribution in [0.15, 0.2) is 15.9 Å². The molecule has 0 bridgehead atoms. The van der Waals surface area contributed by atoms with Crippen molar-refractivity contribution < 1.29 is 4.52 Å². The van der Waals surface area contributed by atoms with Crippen molar-refractivity contribution in [2.45, 2.75) is 32.2 Å². The van der Waals surface area contributed by atoms with Gasteiger partial charge >= 0.3 is 0 Å². The van der Waals surface area contributed by atoms with Crippen LogP contribution in [0.2, 0.25) is 0 Å². The highest BCUT2D eigenvalue weighted by molar-refractivity contribution is 8.14. The zero-order chi connectivity index (χ0) is 11.4. The molecule has 88 valence electrons. The van der Waals surface area contributed by atoms with Gasteiger partial charge in [-0.3, -0.25) is 4.99 Å². The van der Waals surface area contributed by atoms with Gasteiger partial charge in [0.05, 0.1) is 0 Å². The van der Waals surface area contributed by atoms with Crippen LogP contribution in [-0.2, 0) is 6.42 Å². The topological polar surface area (TPSA) is 63.3 Å². The van der Waals surface area contributed by atoms with Gasteiger partial charge in [0.1, 0.15) is 0 Å². The summed E-state index contributed by atoms with van der Waals surface area (Å²) in [6, 6.07) is 0. The maximum absolute atomic E-state index is 4.66. The Morgan fingerprint density at radius 1 is 1.69 bits per heavy atom. The normalized spacial score (nSPS) is 27.2. The predicted molar refractivity (Wildman–Crippen MR) is 64.6 cm³/mol. The molecule has 0 saturated carbocycles. The van der Waals surface area contributed by atoms with E-state index in [-0.39, 0.29) is 5.54 Å². The van der Waals surface area contributed by atoms with Crippen molar-refractivity contribution in [2.75, 3.05) is 12.3 Å². The van der Waals surface area contributed by atoms with E-state index in [1.54, 1.807) is 11.8 Å². The quantitative estimate of drug-likeness (QED) is 0.863. The summed E-state index contributed by atoms with van der Waals surface area (Å²) in [5.74, 6) is 1.80. The molecular weight excluding hydrogens is 224 g/mol. The Morgan fingerprint density at radius 3 is 3.19 bits per heavy atom. The second-order valence-corrected chi connectivity index (χ2v) is 5.08.